The molecule has 1 saturated carbocycles. The molecular formula is C17H24N2O4. The van der Waals surface area contributed by atoms with E-state index in [0.29, 0.717) is 43.7 Å². The summed E-state index contributed by atoms with van der Waals surface area (Å²) in [5.74, 6) is -0.367. The summed E-state index contributed by atoms with van der Waals surface area (Å²) in [6, 6.07) is 7.06. The van der Waals surface area contributed by atoms with Gasteiger partial charge in [-0.15, -0.1) is 0 Å². The number of carbonyl (C=O) groups is 2. The first kappa shape index (κ1) is 17.1. The molecule has 2 rings (SSSR count). The smallest absolute Gasteiger partial charge is 0.319 e. The van der Waals surface area contributed by atoms with Gasteiger partial charge in [0, 0.05) is 6.04 Å². The molecule has 0 aliphatic heterocycles. The normalized spacial score (nSPS) is 20.6. The number of carboxylic acids is 1. The van der Waals surface area contributed by atoms with Gasteiger partial charge in [-0.2, -0.15) is 0 Å². The van der Waals surface area contributed by atoms with Gasteiger partial charge < -0.3 is 20.5 Å². The first-order valence-corrected chi connectivity index (χ1v) is 8.12. The lowest BCUT2D eigenvalue weighted by atomic mass is 9.86. The molecule has 0 radical (unpaired) electrons. The van der Waals surface area contributed by atoms with Crippen LogP contribution in [0.3, 0.4) is 0 Å². The fraction of sp³-hybridized carbons (Fsp3) is 0.529. The maximum Gasteiger partial charge on any atom is 0.319 e. The SMILES string of the molecule is CCCOc1ccccc1NC(=O)NC1CCC(C(=O)O)CC1. The van der Waals surface area contributed by atoms with Crippen molar-refractivity contribution in [3.8, 4) is 5.75 Å². The highest BCUT2D eigenvalue weighted by atomic mass is 16.5. The number of hydrogen-bond acceptors (Lipinski definition) is 3. The molecule has 1 aromatic rings. The predicted molar refractivity (Wildman–Crippen MR) is 87.8 cm³/mol. The molecule has 6 heteroatoms. The largest absolute Gasteiger partial charge is 0.491 e. The number of nitrogens with one attached hydrogen (secondary N) is 2. The average Bonchev–Trinajstić information content (AvgIpc) is 2.54. The lowest BCUT2D eigenvalue weighted by Crippen LogP contribution is -2.41. The van der Waals surface area contributed by atoms with Crippen LogP contribution in [0.4, 0.5) is 10.5 Å². The van der Waals surface area contributed by atoms with Crippen LogP contribution < -0.4 is 15.4 Å². The summed E-state index contributed by atoms with van der Waals surface area (Å²) in [6.07, 6.45) is 3.50. The van der Waals surface area contributed by atoms with Crippen molar-refractivity contribution < 1.29 is 19.4 Å². The van der Waals surface area contributed by atoms with Crippen LogP contribution in [-0.4, -0.2) is 29.8 Å². The Balaban J connectivity index is 1.85. The quantitative estimate of drug-likeness (QED) is 0.751. The van der Waals surface area contributed by atoms with Gasteiger partial charge in [-0.3, -0.25) is 4.79 Å². The second-order valence-corrected chi connectivity index (χ2v) is 5.83. The molecule has 2 amide bonds. The molecule has 0 spiro atoms. The molecular weight excluding hydrogens is 296 g/mol. The summed E-state index contributed by atoms with van der Waals surface area (Å²) in [5, 5.41) is 14.7. The van der Waals surface area contributed by atoms with Crippen molar-refractivity contribution in [1.29, 1.82) is 0 Å². The lowest BCUT2D eigenvalue weighted by molar-refractivity contribution is -0.142. The molecule has 126 valence electrons. The number of anilines is 1. The van der Waals surface area contributed by atoms with Crippen molar-refractivity contribution in [2.45, 2.75) is 45.1 Å². The van der Waals surface area contributed by atoms with Gasteiger partial charge >= 0.3 is 12.0 Å². The predicted octanol–water partition coefficient (Wildman–Crippen LogP) is 3.24. The fourth-order valence-corrected chi connectivity index (χ4v) is 2.74. The number of carbonyl (C=O) groups excluding carboxylic acids is 1. The second-order valence-electron chi connectivity index (χ2n) is 5.83. The number of rotatable bonds is 6. The summed E-state index contributed by atoms with van der Waals surface area (Å²) in [7, 11) is 0. The minimum atomic E-state index is -0.741. The molecule has 6 nitrogen and oxygen atoms in total. The highest BCUT2D eigenvalue weighted by molar-refractivity contribution is 5.91. The molecule has 1 aromatic carbocycles. The summed E-state index contributed by atoms with van der Waals surface area (Å²) in [6.45, 7) is 2.62. The van der Waals surface area contributed by atoms with E-state index in [-0.39, 0.29) is 18.0 Å². The first-order chi connectivity index (χ1) is 11.1. The molecule has 3 N–H and O–H groups in total. The maximum absolute atomic E-state index is 12.1. The number of para-hydroxylation sites is 2. The van der Waals surface area contributed by atoms with Gasteiger partial charge in [0.1, 0.15) is 5.75 Å². The molecule has 0 saturated heterocycles. The van der Waals surface area contributed by atoms with Crippen molar-refractivity contribution in [2.24, 2.45) is 5.92 Å². The topological polar surface area (TPSA) is 87.7 Å². The number of benzene rings is 1. The zero-order chi connectivity index (χ0) is 16.7. The Bertz CT molecular complexity index is 539. The third-order valence-electron chi connectivity index (χ3n) is 4.01. The minimum Gasteiger partial charge on any atom is -0.491 e. The Kier molecular flexibility index (Phi) is 6.26. The molecule has 0 heterocycles. The maximum atomic E-state index is 12.1. The summed E-state index contributed by atoms with van der Waals surface area (Å²) in [5.41, 5.74) is 0.637. The zero-order valence-electron chi connectivity index (χ0n) is 13.4. The molecule has 0 aromatic heterocycles. The third-order valence-corrected chi connectivity index (χ3v) is 4.01. The molecule has 0 atom stereocenters. The molecule has 23 heavy (non-hydrogen) atoms. The van der Waals surface area contributed by atoms with Gasteiger partial charge in [0.25, 0.3) is 0 Å². The van der Waals surface area contributed by atoms with Crippen LogP contribution in [0.1, 0.15) is 39.0 Å². The number of carboxylic acid groups (broad SMARTS) is 1. The zero-order valence-corrected chi connectivity index (χ0v) is 13.4. The number of hydrogen-bond donors (Lipinski definition) is 3. The van der Waals surface area contributed by atoms with E-state index in [1.807, 2.05) is 25.1 Å². The Morgan fingerprint density at radius 1 is 1.22 bits per heavy atom. The van der Waals surface area contributed by atoms with E-state index in [0.717, 1.165) is 6.42 Å². The van der Waals surface area contributed by atoms with Crippen molar-refractivity contribution >= 4 is 17.7 Å². The van der Waals surface area contributed by atoms with E-state index in [4.69, 9.17) is 9.84 Å². The molecule has 1 aliphatic carbocycles. The lowest BCUT2D eigenvalue weighted by Gasteiger charge is -2.27. The van der Waals surface area contributed by atoms with Gasteiger partial charge in [0.15, 0.2) is 0 Å². The van der Waals surface area contributed by atoms with Gasteiger partial charge in [-0.25, -0.2) is 4.79 Å². The van der Waals surface area contributed by atoms with E-state index in [1.54, 1.807) is 6.07 Å². The van der Waals surface area contributed by atoms with Crippen molar-refractivity contribution in [3.05, 3.63) is 24.3 Å². The third kappa shape index (κ3) is 5.16. The Morgan fingerprint density at radius 2 is 1.91 bits per heavy atom. The van der Waals surface area contributed by atoms with Crippen molar-refractivity contribution in [2.75, 3.05) is 11.9 Å². The number of amides is 2. The van der Waals surface area contributed by atoms with Crippen LogP contribution in [0.5, 0.6) is 5.75 Å². The van der Waals surface area contributed by atoms with Crippen LogP contribution in [0, 0.1) is 5.92 Å². The van der Waals surface area contributed by atoms with Gasteiger partial charge in [-0.1, -0.05) is 19.1 Å². The van der Waals surface area contributed by atoms with Crippen molar-refractivity contribution in [3.63, 3.8) is 0 Å². The Morgan fingerprint density at radius 3 is 2.57 bits per heavy atom. The highest BCUT2D eigenvalue weighted by Gasteiger charge is 2.26. The summed E-state index contributed by atoms with van der Waals surface area (Å²) >= 11 is 0. The highest BCUT2D eigenvalue weighted by Crippen LogP contribution is 2.26. The summed E-state index contributed by atoms with van der Waals surface area (Å²) < 4.78 is 5.61. The van der Waals surface area contributed by atoms with Crippen LogP contribution in [0.25, 0.3) is 0 Å². The average molecular weight is 320 g/mol. The minimum absolute atomic E-state index is 0.0225. The second kappa shape index (κ2) is 8.41. The van der Waals surface area contributed by atoms with Crippen LogP contribution in [0.15, 0.2) is 24.3 Å². The fourth-order valence-electron chi connectivity index (χ4n) is 2.74. The molecule has 1 fully saturated rings. The number of aliphatic carboxylic acids is 1. The first-order valence-electron chi connectivity index (χ1n) is 8.12. The molecule has 0 bridgehead atoms. The van der Waals surface area contributed by atoms with E-state index >= 15 is 0 Å². The molecule has 0 unspecified atom stereocenters. The van der Waals surface area contributed by atoms with Crippen LogP contribution in [0.2, 0.25) is 0 Å². The molecule has 1 aliphatic rings. The Hall–Kier alpha value is -2.24. The van der Waals surface area contributed by atoms with Gasteiger partial charge in [-0.05, 0) is 44.2 Å². The van der Waals surface area contributed by atoms with E-state index in [9.17, 15) is 9.59 Å². The Labute approximate surface area is 136 Å². The van der Waals surface area contributed by atoms with Crippen LogP contribution >= 0.6 is 0 Å². The van der Waals surface area contributed by atoms with E-state index in [2.05, 4.69) is 10.6 Å². The number of ether oxygens (including phenoxy) is 1. The van der Waals surface area contributed by atoms with E-state index < -0.39 is 5.97 Å². The van der Waals surface area contributed by atoms with Crippen molar-refractivity contribution in [1.82, 2.24) is 5.32 Å². The standard InChI is InChI=1S/C17H24N2O4/c1-2-11-23-15-6-4-3-5-14(15)19-17(22)18-13-9-7-12(8-10-13)16(20)21/h3-6,12-13H,2,7-11H2,1H3,(H,20,21)(H2,18,19,22). The van der Waals surface area contributed by atoms with E-state index in [1.165, 1.54) is 0 Å². The van der Waals surface area contributed by atoms with Gasteiger partial charge in [0.2, 0.25) is 0 Å². The van der Waals surface area contributed by atoms with Gasteiger partial charge in [0.05, 0.1) is 18.2 Å². The number of urea groups is 1. The monoisotopic (exact) mass is 320 g/mol. The summed E-state index contributed by atoms with van der Waals surface area (Å²) in [4.78, 5) is 23.1. The van der Waals surface area contributed by atoms with Crippen LogP contribution in [-0.2, 0) is 4.79 Å².